The Balaban J connectivity index is 2.21. The first-order valence-corrected chi connectivity index (χ1v) is 6.21. The third kappa shape index (κ3) is 2.29. The van der Waals surface area contributed by atoms with Crippen LogP contribution in [0.15, 0.2) is 39.6 Å². The Kier molecular flexibility index (Phi) is 3.02. The fourth-order valence-electron chi connectivity index (χ4n) is 2.15. The van der Waals surface area contributed by atoms with Crippen LogP contribution in [0.2, 0.25) is 0 Å². The summed E-state index contributed by atoms with van der Waals surface area (Å²) in [5.74, 6) is -0.575. The molecule has 3 rings (SSSR count). The largest absolute Gasteiger partial charge is 0.476 e. The van der Waals surface area contributed by atoms with Gasteiger partial charge in [0.05, 0.1) is 11.9 Å². The highest BCUT2D eigenvalue weighted by Crippen LogP contribution is 2.13. The fourth-order valence-corrected chi connectivity index (χ4v) is 2.15. The first-order valence-electron chi connectivity index (χ1n) is 6.21. The summed E-state index contributed by atoms with van der Waals surface area (Å²) in [4.78, 5) is 23.7. The second-order valence-corrected chi connectivity index (χ2v) is 4.59. The van der Waals surface area contributed by atoms with E-state index in [1.54, 1.807) is 37.3 Å². The lowest BCUT2D eigenvalue weighted by Gasteiger charge is -2.07. The molecule has 2 aromatic heterocycles. The minimum Gasteiger partial charge on any atom is -0.476 e. The molecule has 0 unspecified atom stereocenters. The Hall–Kier alpha value is -2.96. The monoisotopic (exact) mass is 285 g/mol. The van der Waals surface area contributed by atoms with Crippen LogP contribution in [0.5, 0.6) is 0 Å². The molecule has 0 saturated heterocycles. The van der Waals surface area contributed by atoms with Crippen LogP contribution in [0.25, 0.3) is 10.8 Å². The average molecular weight is 285 g/mol. The van der Waals surface area contributed by atoms with Gasteiger partial charge in [-0.05, 0) is 13.0 Å². The van der Waals surface area contributed by atoms with Gasteiger partial charge in [0.15, 0.2) is 5.69 Å². The van der Waals surface area contributed by atoms with E-state index in [-0.39, 0.29) is 17.8 Å². The zero-order valence-corrected chi connectivity index (χ0v) is 11.1. The van der Waals surface area contributed by atoms with E-state index >= 15 is 0 Å². The van der Waals surface area contributed by atoms with Crippen molar-refractivity contribution in [3.8, 4) is 0 Å². The van der Waals surface area contributed by atoms with Crippen molar-refractivity contribution in [2.45, 2.75) is 13.5 Å². The van der Waals surface area contributed by atoms with Crippen LogP contribution >= 0.6 is 0 Å². The van der Waals surface area contributed by atoms with Crippen molar-refractivity contribution in [3.63, 3.8) is 0 Å². The second kappa shape index (κ2) is 4.86. The molecule has 7 heteroatoms. The molecule has 2 heterocycles. The van der Waals surface area contributed by atoms with Crippen LogP contribution in [0, 0.1) is 6.92 Å². The van der Waals surface area contributed by atoms with Gasteiger partial charge in [0.25, 0.3) is 5.56 Å². The first kappa shape index (κ1) is 13.0. The van der Waals surface area contributed by atoms with Gasteiger partial charge in [0, 0.05) is 11.5 Å². The number of hydrogen-bond acceptors (Lipinski definition) is 5. The van der Waals surface area contributed by atoms with E-state index in [0.717, 1.165) is 4.68 Å². The molecule has 3 aromatic rings. The number of aromatic carboxylic acids is 1. The van der Waals surface area contributed by atoms with Crippen molar-refractivity contribution in [3.05, 3.63) is 57.8 Å². The van der Waals surface area contributed by atoms with E-state index in [0.29, 0.717) is 22.2 Å². The number of benzene rings is 1. The van der Waals surface area contributed by atoms with Crippen LogP contribution in [-0.2, 0) is 6.54 Å². The molecule has 0 aliphatic rings. The van der Waals surface area contributed by atoms with Gasteiger partial charge in [-0.15, -0.1) is 0 Å². The smallest absolute Gasteiger partial charge is 0.357 e. The van der Waals surface area contributed by atoms with E-state index < -0.39 is 5.97 Å². The minimum absolute atomic E-state index is 0.0568. The number of carboxylic acid groups (broad SMARTS) is 1. The van der Waals surface area contributed by atoms with Gasteiger partial charge in [-0.25, -0.2) is 9.48 Å². The molecule has 0 aliphatic heterocycles. The number of rotatable bonds is 3. The number of nitrogens with zero attached hydrogens (tertiary/aromatic N) is 3. The van der Waals surface area contributed by atoms with Crippen molar-refractivity contribution in [1.82, 2.24) is 14.9 Å². The van der Waals surface area contributed by atoms with Crippen molar-refractivity contribution in [1.29, 1.82) is 0 Å². The molecule has 0 fully saturated rings. The van der Waals surface area contributed by atoms with E-state index in [1.807, 2.05) is 0 Å². The summed E-state index contributed by atoms with van der Waals surface area (Å²) in [6, 6.07) is 8.17. The summed E-state index contributed by atoms with van der Waals surface area (Å²) in [5.41, 5.74) is -0.0182. The van der Waals surface area contributed by atoms with Gasteiger partial charge in [-0.1, -0.05) is 23.4 Å². The standard InChI is InChI=1S/C14H11N3O4/c1-8-6-9(16-21-8)7-17-13(18)11-5-3-2-4-10(11)12(15-17)14(19)20/h2-6H,7H2,1H3,(H,19,20). The molecule has 21 heavy (non-hydrogen) atoms. The van der Waals surface area contributed by atoms with Gasteiger partial charge in [-0.3, -0.25) is 4.79 Å². The SMILES string of the molecule is Cc1cc(Cn2nc(C(=O)O)c3ccccc3c2=O)no1. The van der Waals surface area contributed by atoms with E-state index in [4.69, 9.17) is 4.52 Å². The summed E-state index contributed by atoms with van der Waals surface area (Å²) in [5, 5.41) is 17.6. The van der Waals surface area contributed by atoms with Gasteiger partial charge in [0.2, 0.25) is 0 Å². The molecule has 1 aromatic carbocycles. The zero-order valence-electron chi connectivity index (χ0n) is 11.1. The van der Waals surface area contributed by atoms with Gasteiger partial charge in [-0.2, -0.15) is 5.10 Å². The Labute approximate surface area is 118 Å². The van der Waals surface area contributed by atoms with Crippen molar-refractivity contribution < 1.29 is 14.4 Å². The lowest BCUT2D eigenvalue weighted by atomic mass is 10.1. The first-order chi connectivity index (χ1) is 10.1. The van der Waals surface area contributed by atoms with Gasteiger partial charge >= 0.3 is 5.97 Å². The minimum atomic E-state index is -1.18. The number of fused-ring (bicyclic) bond motifs is 1. The summed E-state index contributed by atoms with van der Waals surface area (Å²) in [6.45, 7) is 1.79. The molecular formula is C14H11N3O4. The van der Waals surface area contributed by atoms with Crippen molar-refractivity contribution in [2.75, 3.05) is 0 Å². The Morgan fingerprint density at radius 1 is 1.33 bits per heavy atom. The molecule has 0 atom stereocenters. The lowest BCUT2D eigenvalue weighted by Crippen LogP contribution is -2.26. The van der Waals surface area contributed by atoms with E-state index in [1.165, 1.54) is 0 Å². The van der Waals surface area contributed by atoms with E-state index in [2.05, 4.69) is 10.3 Å². The third-order valence-corrected chi connectivity index (χ3v) is 3.06. The topological polar surface area (TPSA) is 98.2 Å². The van der Waals surface area contributed by atoms with Crippen LogP contribution in [0.1, 0.15) is 21.9 Å². The molecule has 0 radical (unpaired) electrons. The Morgan fingerprint density at radius 2 is 2.05 bits per heavy atom. The molecule has 106 valence electrons. The number of carboxylic acids is 1. The quantitative estimate of drug-likeness (QED) is 0.781. The molecule has 1 N–H and O–H groups in total. The fraction of sp³-hybridized carbons (Fsp3) is 0.143. The maximum Gasteiger partial charge on any atom is 0.357 e. The highest BCUT2D eigenvalue weighted by Gasteiger charge is 2.16. The maximum atomic E-state index is 12.4. The molecule has 0 amide bonds. The molecule has 0 spiro atoms. The molecule has 0 bridgehead atoms. The highest BCUT2D eigenvalue weighted by molar-refractivity contribution is 6.01. The predicted octanol–water partition coefficient (Wildman–Crippen LogP) is 1.44. The van der Waals surface area contributed by atoms with E-state index in [9.17, 15) is 14.7 Å². The Morgan fingerprint density at radius 3 is 2.67 bits per heavy atom. The lowest BCUT2D eigenvalue weighted by molar-refractivity contribution is 0.0690. The molecule has 7 nitrogen and oxygen atoms in total. The molecule has 0 aliphatic carbocycles. The number of aromatic nitrogens is 3. The zero-order chi connectivity index (χ0) is 15.0. The third-order valence-electron chi connectivity index (χ3n) is 3.06. The number of carbonyl (C=O) groups is 1. The maximum absolute atomic E-state index is 12.4. The van der Waals surface area contributed by atoms with Crippen molar-refractivity contribution >= 4 is 16.7 Å². The molecule has 0 saturated carbocycles. The van der Waals surface area contributed by atoms with Gasteiger partial charge in [0.1, 0.15) is 11.5 Å². The summed E-state index contributed by atoms with van der Waals surface area (Å²) in [7, 11) is 0. The average Bonchev–Trinajstić information content (AvgIpc) is 2.87. The Bertz CT molecular complexity index is 895. The van der Waals surface area contributed by atoms with Crippen LogP contribution < -0.4 is 5.56 Å². The van der Waals surface area contributed by atoms with Crippen molar-refractivity contribution in [2.24, 2.45) is 0 Å². The van der Waals surface area contributed by atoms with Gasteiger partial charge < -0.3 is 9.63 Å². The number of aryl methyl sites for hydroxylation is 1. The number of hydrogen-bond donors (Lipinski definition) is 1. The van der Waals surface area contributed by atoms with Crippen LogP contribution in [-0.4, -0.2) is 26.0 Å². The normalized spacial score (nSPS) is 10.9. The second-order valence-electron chi connectivity index (χ2n) is 4.59. The summed E-state index contributed by atoms with van der Waals surface area (Å²) >= 11 is 0. The van der Waals surface area contributed by atoms with Crippen LogP contribution in [0.3, 0.4) is 0 Å². The highest BCUT2D eigenvalue weighted by atomic mass is 16.5. The summed E-state index contributed by atoms with van der Waals surface area (Å²) < 4.78 is 6.02. The van der Waals surface area contributed by atoms with Crippen LogP contribution in [0.4, 0.5) is 0 Å². The predicted molar refractivity (Wildman–Crippen MR) is 73.3 cm³/mol. The summed E-state index contributed by atoms with van der Waals surface area (Å²) in [6.07, 6.45) is 0. The molecular weight excluding hydrogens is 274 g/mol.